The van der Waals surface area contributed by atoms with Gasteiger partial charge >= 0.3 is 5.97 Å². The number of para-hydroxylation sites is 2. The number of carbonyl (C=O) groups is 3. The van der Waals surface area contributed by atoms with Crippen LogP contribution in [0.25, 0.3) is 10.2 Å². The van der Waals surface area contributed by atoms with Crippen LogP contribution < -0.4 is 10.1 Å². The van der Waals surface area contributed by atoms with Crippen LogP contribution in [-0.2, 0) is 19.1 Å². The quantitative estimate of drug-likeness (QED) is 0.180. The number of amides is 2. The molecule has 182 valence electrons. The van der Waals surface area contributed by atoms with Crippen LogP contribution in [0.15, 0.2) is 71.3 Å². The minimum Gasteiger partial charge on any atom is -0.484 e. The van der Waals surface area contributed by atoms with Crippen molar-refractivity contribution < 1.29 is 23.9 Å². The normalized spacial score (nSPS) is 19.2. The summed E-state index contributed by atoms with van der Waals surface area (Å²) in [5.41, 5.74) is -0.337. The lowest BCUT2D eigenvalue weighted by atomic mass is 9.90. The molecule has 0 bridgehead atoms. The van der Waals surface area contributed by atoms with Crippen molar-refractivity contribution in [2.24, 2.45) is 0 Å². The number of nitrogens with zero attached hydrogens (tertiary/aromatic N) is 2. The van der Waals surface area contributed by atoms with Crippen molar-refractivity contribution in [1.29, 1.82) is 0 Å². The summed E-state index contributed by atoms with van der Waals surface area (Å²) in [6.45, 7) is 6.27. The van der Waals surface area contributed by atoms with Gasteiger partial charge in [-0.25, -0.2) is 9.78 Å². The largest absolute Gasteiger partial charge is 0.484 e. The van der Waals surface area contributed by atoms with E-state index in [0.29, 0.717) is 5.75 Å². The Labute approximate surface area is 214 Å². The number of benzene rings is 2. The van der Waals surface area contributed by atoms with Gasteiger partial charge in [-0.1, -0.05) is 47.7 Å². The van der Waals surface area contributed by atoms with Gasteiger partial charge in [0.25, 0.3) is 11.8 Å². The second kappa shape index (κ2) is 10.7. The number of hydrogen-bond donors (Lipinski definition) is 1. The van der Waals surface area contributed by atoms with Gasteiger partial charge in [-0.3, -0.25) is 9.59 Å². The van der Waals surface area contributed by atoms with E-state index in [0.717, 1.165) is 14.6 Å². The zero-order valence-electron chi connectivity index (χ0n) is 19.1. The minimum atomic E-state index is -1.23. The predicted octanol–water partition coefficient (Wildman–Crippen LogP) is 4.24. The third kappa shape index (κ3) is 5.80. The highest BCUT2D eigenvalue weighted by Gasteiger charge is 2.59. The fourth-order valence-corrected chi connectivity index (χ4v) is 7.72. The highest BCUT2D eigenvalue weighted by Crippen LogP contribution is 2.47. The van der Waals surface area contributed by atoms with Gasteiger partial charge in [0.1, 0.15) is 23.2 Å². The Balaban J connectivity index is 1.45. The second-order valence-corrected chi connectivity index (χ2v) is 11.5. The third-order valence-corrected chi connectivity index (χ3v) is 9.26. The third-order valence-electron chi connectivity index (χ3n) is 5.07. The van der Waals surface area contributed by atoms with Crippen molar-refractivity contribution in [3.05, 3.63) is 66.9 Å². The van der Waals surface area contributed by atoms with Crippen LogP contribution in [0.1, 0.15) is 13.8 Å². The molecule has 35 heavy (non-hydrogen) atoms. The number of esters is 1. The Morgan fingerprint density at radius 1 is 1.20 bits per heavy atom. The number of likely N-dealkylation sites (tertiary alicyclic amines) is 1. The lowest BCUT2D eigenvalue weighted by molar-refractivity contribution is -0.163. The lowest BCUT2D eigenvalue weighted by Gasteiger charge is -2.52. The van der Waals surface area contributed by atoms with Crippen LogP contribution in [-0.4, -0.2) is 51.7 Å². The van der Waals surface area contributed by atoms with E-state index in [4.69, 9.17) is 9.47 Å². The fourth-order valence-electron chi connectivity index (χ4n) is 3.50. The Hall–Kier alpha value is -3.02. The van der Waals surface area contributed by atoms with E-state index in [1.165, 1.54) is 37.8 Å². The van der Waals surface area contributed by atoms with Crippen LogP contribution in [0, 0.1) is 0 Å². The molecule has 2 aromatic carbocycles. The number of carbonyl (C=O) groups excluding carboxylic acids is 3. The molecule has 2 amide bonds. The number of rotatable bonds is 10. The molecule has 0 radical (unpaired) electrons. The predicted molar refractivity (Wildman–Crippen MR) is 138 cm³/mol. The topological polar surface area (TPSA) is 97.8 Å². The van der Waals surface area contributed by atoms with Crippen LogP contribution in [0.3, 0.4) is 0 Å². The van der Waals surface area contributed by atoms with E-state index in [1.807, 2.05) is 30.3 Å². The monoisotopic (exact) mass is 529 g/mol. The van der Waals surface area contributed by atoms with Crippen molar-refractivity contribution in [2.75, 3.05) is 13.2 Å². The molecule has 8 nitrogen and oxygen atoms in total. The molecule has 0 spiro atoms. The number of β-lactam (4-membered cyclic amide) rings is 1. The molecule has 2 heterocycles. The lowest BCUT2D eigenvalue weighted by Crippen LogP contribution is -2.78. The number of nitrogens with one attached hydrogen (secondary N) is 1. The standard InChI is InChI=1S/C24H23N3O5S3/c1-15(2)32-20(29)13-27-21(30)24(3,26-19(28)14-31-16-9-5-4-6-10-16)22(27)34-35-23-25-17-11-7-8-12-18(17)33-23/h4-12,22H,1,13-14H2,2-3H3,(H,26,28). The van der Waals surface area contributed by atoms with Crippen molar-refractivity contribution >= 4 is 60.9 Å². The Morgan fingerprint density at radius 2 is 1.91 bits per heavy atom. The molecule has 1 aromatic heterocycles. The molecule has 0 aliphatic carbocycles. The summed E-state index contributed by atoms with van der Waals surface area (Å²) in [4.78, 5) is 43.9. The highest BCUT2D eigenvalue weighted by molar-refractivity contribution is 8.77. The van der Waals surface area contributed by atoms with Crippen LogP contribution in [0.2, 0.25) is 0 Å². The van der Waals surface area contributed by atoms with Crippen LogP contribution >= 0.6 is 32.9 Å². The molecule has 1 aliphatic heterocycles. The van der Waals surface area contributed by atoms with Crippen LogP contribution in [0.5, 0.6) is 5.75 Å². The van der Waals surface area contributed by atoms with Crippen molar-refractivity contribution in [2.45, 2.75) is 29.1 Å². The van der Waals surface area contributed by atoms with Crippen molar-refractivity contribution in [1.82, 2.24) is 15.2 Å². The van der Waals surface area contributed by atoms with Gasteiger partial charge in [0.15, 0.2) is 10.9 Å². The van der Waals surface area contributed by atoms with Gasteiger partial charge in [0.05, 0.1) is 16.0 Å². The molecule has 1 aliphatic rings. The maximum Gasteiger partial charge on any atom is 0.330 e. The molecule has 1 fully saturated rings. The number of hydrogen-bond acceptors (Lipinski definition) is 9. The maximum absolute atomic E-state index is 13.1. The summed E-state index contributed by atoms with van der Waals surface area (Å²) in [6.07, 6.45) is 0. The number of thiazole rings is 1. The molecular weight excluding hydrogens is 506 g/mol. The summed E-state index contributed by atoms with van der Waals surface area (Å²) in [6, 6.07) is 16.7. The van der Waals surface area contributed by atoms with Gasteiger partial charge in [-0.05, 0) is 48.9 Å². The van der Waals surface area contributed by atoms with E-state index in [9.17, 15) is 14.4 Å². The van der Waals surface area contributed by atoms with E-state index in [-0.39, 0.29) is 24.8 Å². The average molecular weight is 530 g/mol. The smallest absolute Gasteiger partial charge is 0.330 e. The number of ether oxygens (including phenoxy) is 2. The number of allylic oxidation sites excluding steroid dienone is 1. The van der Waals surface area contributed by atoms with Gasteiger partial charge in [-0.15, -0.1) is 11.3 Å². The molecule has 2 unspecified atom stereocenters. The first-order valence-electron chi connectivity index (χ1n) is 10.6. The van der Waals surface area contributed by atoms with E-state index < -0.39 is 22.8 Å². The second-order valence-electron chi connectivity index (χ2n) is 7.94. The van der Waals surface area contributed by atoms with Gasteiger partial charge in [0, 0.05) is 0 Å². The summed E-state index contributed by atoms with van der Waals surface area (Å²) in [5.74, 6) is -0.627. The highest BCUT2D eigenvalue weighted by atomic mass is 33.1. The van der Waals surface area contributed by atoms with Gasteiger partial charge < -0.3 is 19.7 Å². The first-order chi connectivity index (χ1) is 16.8. The molecule has 4 rings (SSSR count). The molecule has 1 N–H and O–H groups in total. The number of aromatic nitrogens is 1. The van der Waals surface area contributed by atoms with Crippen molar-refractivity contribution in [3.63, 3.8) is 0 Å². The minimum absolute atomic E-state index is 0.241. The van der Waals surface area contributed by atoms with Crippen molar-refractivity contribution in [3.8, 4) is 5.75 Å². The summed E-state index contributed by atoms with van der Waals surface area (Å²) in [7, 11) is 2.75. The average Bonchev–Trinajstić information content (AvgIpc) is 3.25. The summed E-state index contributed by atoms with van der Waals surface area (Å²) < 4.78 is 12.4. The fraction of sp³-hybridized carbons (Fsp3) is 0.250. The first kappa shape index (κ1) is 25.1. The van der Waals surface area contributed by atoms with Crippen LogP contribution in [0.4, 0.5) is 0 Å². The molecule has 11 heteroatoms. The molecule has 3 aromatic rings. The Kier molecular flexibility index (Phi) is 7.68. The SMILES string of the molecule is C=C(C)OC(=O)CN1C(=O)C(C)(NC(=O)COc2ccccc2)C1SSc1nc2ccccc2s1. The first-order valence-corrected chi connectivity index (χ1v) is 13.6. The van der Waals surface area contributed by atoms with Gasteiger partial charge in [-0.2, -0.15) is 0 Å². The molecule has 1 saturated heterocycles. The number of fused-ring (bicyclic) bond motifs is 1. The zero-order valence-corrected chi connectivity index (χ0v) is 21.5. The Morgan fingerprint density at radius 3 is 2.63 bits per heavy atom. The molecular formula is C24H23N3O5S3. The van der Waals surface area contributed by atoms with Gasteiger partial charge in [0.2, 0.25) is 0 Å². The van der Waals surface area contributed by atoms with E-state index >= 15 is 0 Å². The summed E-state index contributed by atoms with van der Waals surface area (Å²) in [5, 5.41) is 2.26. The molecule has 0 saturated carbocycles. The zero-order chi connectivity index (χ0) is 25.0. The van der Waals surface area contributed by atoms with E-state index in [2.05, 4.69) is 16.9 Å². The van der Waals surface area contributed by atoms with E-state index in [1.54, 1.807) is 38.1 Å². The summed E-state index contributed by atoms with van der Waals surface area (Å²) >= 11 is 1.53. The maximum atomic E-state index is 13.1. The molecule has 2 atom stereocenters. The Bertz CT molecular complexity index is 1230.